The van der Waals surface area contributed by atoms with Crippen molar-refractivity contribution < 1.29 is 9.21 Å². The zero-order valence-electron chi connectivity index (χ0n) is 14.9. The Hall–Kier alpha value is -2.64. The molecule has 0 aliphatic heterocycles. The number of halogens is 1. The van der Waals surface area contributed by atoms with Gasteiger partial charge in [-0.15, -0.1) is 17.5 Å². The maximum atomic E-state index is 12.1. The first-order chi connectivity index (χ1) is 11.9. The average Bonchev–Trinajstić information content (AvgIpc) is 3.23. The molecule has 138 valence electrons. The van der Waals surface area contributed by atoms with Crippen LogP contribution >= 0.6 is 12.4 Å². The van der Waals surface area contributed by atoms with Crippen LogP contribution in [0.5, 0.6) is 0 Å². The number of amides is 1. The van der Waals surface area contributed by atoms with Crippen LogP contribution in [0.3, 0.4) is 0 Å². The number of H-pyrrole nitrogens is 1. The van der Waals surface area contributed by atoms with Crippen LogP contribution in [0.1, 0.15) is 42.5 Å². The van der Waals surface area contributed by atoms with Gasteiger partial charge in [-0.05, 0) is 17.0 Å². The summed E-state index contributed by atoms with van der Waals surface area (Å²) >= 11 is 0. The number of carbonyl (C=O) groups excluding carboxylic acids is 1. The molecule has 3 rings (SSSR count). The maximum absolute atomic E-state index is 12.1. The summed E-state index contributed by atoms with van der Waals surface area (Å²) in [5.74, 6) is 0.984. The highest BCUT2D eigenvalue weighted by atomic mass is 35.5. The first-order valence-electron chi connectivity index (χ1n) is 7.99. The van der Waals surface area contributed by atoms with Gasteiger partial charge in [-0.25, -0.2) is 0 Å². The lowest BCUT2D eigenvalue weighted by Gasteiger charge is -2.18. The summed E-state index contributed by atoms with van der Waals surface area (Å²) in [7, 11) is 0. The minimum absolute atomic E-state index is 0. The van der Waals surface area contributed by atoms with Crippen LogP contribution in [-0.4, -0.2) is 21.1 Å². The first-order valence-corrected chi connectivity index (χ1v) is 7.99. The van der Waals surface area contributed by atoms with Gasteiger partial charge in [-0.2, -0.15) is 4.98 Å². The summed E-state index contributed by atoms with van der Waals surface area (Å²) in [6.45, 7) is 6.73. The highest BCUT2D eigenvalue weighted by molar-refractivity contribution is 6.03. The van der Waals surface area contributed by atoms with Crippen molar-refractivity contribution in [1.82, 2.24) is 15.2 Å². The van der Waals surface area contributed by atoms with Crippen LogP contribution < -0.4 is 11.1 Å². The molecule has 4 N–H and O–H groups in total. The van der Waals surface area contributed by atoms with Crippen LogP contribution in [0.2, 0.25) is 0 Å². The summed E-state index contributed by atoms with van der Waals surface area (Å²) in [5.41, 5.74) is 8.07. The van der Waals surface area contributed by atoms with Crippen molar-refractivity contribution in [2.24, 2.45) is 5.73 Å². The second kappa shape index (κ2) is 7.72. The van der Waals surface area contributed by atoms with Crippen LogP contribution in [0.4, 0.5) is 5.95 Å². The number of nitrogens with two attached hydrogens (primary N) is 1. The molecule has 0 radical (unpaired) electrons. The molecule has 0 saturated carbocycles. The third-order valence-corrected chi connectivity index (χ3v) is 3.85. The SMILES string of the molecule is CC(C)(C)c1ccc(-c2nc(NC(=O)c3coc(CN)c3)n[nH]2)cc1.Cl. The molecule has 26 heavy (non-hydrogen) atoms. The van der Waals surface area contributed by atoms with Crippen molar-refractivity contribution >= 4 is 24.3 Å². The molecule has 0 aliphatic rings. The molecule has 0 atom stereocenters. The van der Waals surface area contributed by atoms with Crippen molar-refractivity contribution in [2.45, 2.75) is 32.7 Å². The van der Waals surface area contributed by atoms with Gasteiger partial charge >= 0.3 is 0 Å². The molecule has 0 spiro atoms. The van der Waals surface area contributed by atoms with E-state index in [4.69, 9.17) is 10.2 Å². The number of hydrogen-bond acceptors (Lipinski definition) is 5. The van der Waals surface area contributed by atoms with E-state index >= 15 is 0 Å². The Morgan fingerprint density at radius 3 is 2.54 bits per heavy atom. The first kappa shape index (κ1) is 19.7. The number of aromatic amines is 1. The van der Waals surface area contributed by atoms with Crippen molar-refractivity contribution in [2.75, 3.05) is 5.32 Å². The number of aromatic nitrogens is 3. The number of carbonyl (C=O) groups is 1. The fraction of sp³-hybridized carbons (Fsp3) is 0.278. The average molecular weight is 376 g/mol. The zero-order chi connectivity index (χ0) is 18.0. The van der Waals surface area contributed by atoms with Crippen molar-refractivity contribution in [3.63, 3.8) is 0 Å². The Balaban J connectivity index is 0.00000243. The fourth-order valence-electron chi connectivity index (χ4n) is 2.36. The molecule has 0 unspecified atom stereocenters. The summed E-state index contributed by atoms with van der Waals surface area (Å²) in [6, 6.07) is 9.69. The molecule has 8 heteroatoms. The minimum atomic E-state index is -0.350. The molecule has 0 bridgehead atoms. The van der Waals surface area contributed by atoms with Crippen LogP contribution in [0, 0.1) is 0 Å². The van der Waals surface area contributed by atoms with Crippen molar-refractivity contribution in [3.05, 3.63) is 53.5 Å². The van der Waals surface area contributed by atoms with Gasteiger partial charge in [0.15, 0.2) is 5.82 Å². The molecule has 1 amide bonds. The third-order valence-electron chi connectivity index (χ3n) is 3.85. The molecule has 7 nitrogen and oxygen atoms in total. The predicted molar refractivity (Wildman–Crippen MR) is 102 cm³/mol. The Bertz CT molecular complexity index is 878. The summed E-state index contributed by atoms with van der Waals surface area (Å²) in [4.78, 5) is 16.4. The molecular formula is C18H22ClN5O2. The molecule has 0 aliphatic carbocycles. The Morgan fingerprint density at radius 2 is 1.96 bits per heavy atom. The van der Waals surface area contributed by atoms with Gasteiger partial charge in [0.05, 0.1) is 12.1 Å². The summed E-state index contributed by atoms with van der Waals surface area (Å²) < 4.78 is 5.15. The van der Waals surface area contributed by atoms with E-state index in [1.165, 1.54) is 11.8 Å². The van der Waals surface area contributed by atoms with E-state index < -0.39 is 0 Å². The van der Waals surface area contributed by atoms with Gasteiger partial charge in [-0.1, -0.05) is 45.0 Å². The highest BCUT2D eigenvalue weighted by Crippen LogP contribution is 2.25. The Kier molecular flexibility index (Phi) is 5.84. The van der Waals surface area contributed by atoms with Gasteiger partial charge in [0.1, 0.15) is 12.0 Å². The fourth-order valence-corrected chi connectivity index (χ4v) is 2.36. The number of rotatable bonds is 4. The van der Waals surface area contributed by atoms with E-state index in [1.807, 2.05) is 12.1 Å². The molecule has 1 aromatic carbocycles. The van der Waals surface area contributed by atoms with E-state index in [0.29, 0.717) is 17.1 Å². The standard InChI is InChI=1S/C18H21N5O2.ClH/c1-18(2,3)13-6-4-11(5-7-13)15-20-17(23-22-15)21-16(24)12-8-14(9-19)25-10-12;/h4-8,10H,9,19H2,1-3H3,(H2,20,21,22,23,24);1H. The monoisotopic (exact) mass is 375 g/mol. The maximum Gasteiger partial charge on any atom is 0.261 e. The number of hydrogen-bond donors (Lipinski definition) is 3. The topological polar surface area (TPSA) is 110 Å². The van der Waals surface area contributed by atoms with Crippen molar-refractivity contribution in [1.29, 1.82) is 0 Å². The second-order valence-corrected chi connectivity index (χ2v) is 6.79. The molecule has 2 heterocycles. The van der Waals surface area contributed by atoms with E-state index in [9.17, 15) is 4.79 Å². The van der Waals surface area contributed by atoms with Gasteiger partial charge in [-0.3, -0.25) is 15.2 Å². The van der Waals surface area contributed by atoms with Gasteiger partial charge in [0.2, 0.25) is 5.95 Å². The largest absolute Gasteiger partial charge is 0.467 e. The molecular weight excluding hydrogens is 354 g/mol. The number of furan rings is 1. The quantitative estimate of drug-likeness (QED) is 0.646. The lowest BCUT2D eigenvalue weighted by atomic mass is 9.87. The second-order valence-electron chi connectivity index (χ2n) is 6.79. The van der Waals surface area contributed by atoms with Crippen LogP contribution in [0.25, 0.3) is 11.4 Å². The summed E-state index contributed by atoms with van der Waals surface area (Å²) in [5, 5.41) is 9.50. The smallest absolute Gasteiger partial charge is 0.261 e. The normalized spacial score (nSPS) is 11.1. The Morgan fingerprint density at radius 1 is 1.27 bits per heavy atom. The summed E-state index contributed by atoms with van der Waals surface area (Å²) in [6.07, 6.45) is 1.36. The van der Waals surface area contributed by atoms with Crippen LogP contribution in [-0.2, 0) is 12.0 Å². The molecule has 2 aromatic heterocycles. The van der Waals surface area contributed by atoms with Crippen molar-refractivity contribution in [3.8, 4) is 11.4 Å². The van der Waals surface area contributed by atoms with E-state index in [2.05, 4.69) is 53.4 Å². The third kappa shape index (κ3) is 4.30. The van der Waals surface area contributed by atoms with E-state index in [1.54, 1.807) is 6.07 Å². The van der Waals surface area contributed by atoms with E-state index in [-0.39, 0.29) is 36.2 Å². The Labute approximate surface area is 157 Å². The highest BCUT2D eigenvalue weighted by Gasteiger charge is 2.15. The molecule has 0 fully saturated rings. The van der Waals surface area contributed by atoms with E-state index in [0.717, 1.165) is 5.56 Å². The lowest BCUT2D eigenvalue weighted by molar-refractivity contribution is 0.102. The van der Waals surface area contributed by atoms with Gasteiger partial charge < -0.3 is 10.2 Å². The minimum Gasteiger partial charge on any atom is -0.467 e. The molecule has 3 aromatic rings. The van der Waals surface area contributed by atoms with Gasteiger partial charge in [0, 0.05) is 5.56 Å². The van der Waals surface area contributed by atoms with Crippen LogP contribution in [0.15, 0.2) is 41.0 Å². The number of benzene rings is 1. The zero-order valence-corrected chi connectivity index (χ0v) is 15.7. The molecule has 0 saturated heterocycles. The van der Waals surface area contributed by atoms with Gasteiger partial charge in [0.25, 0.3) is 5.91 Å². The predicted octanol–water partition coefficient (Wildman–Crippen LogP) is 3.50. The number of anilines is 1. The number of nitrogens with zero attached hydrogens (tertiary/aromatic N) is 2. The number of nitrogens with one attached hydrogen (secondary N) is 2. The lowest BCUT2D eigenvalue weighted by Crippen LogP contribution is -2.12.